The van der Waals surface area contributed by atoms with Gasteiger partial charge < -0.3 is 10.2 Å². The largest absolute Gasteiger partial charge is 0.322 e. The molecule has 1 unspecified atom stereocenters. The molecule has 2 aliphatic rings. The number of nitrogens with one attached hydrogen (secondary N) is 1. The van der Waals surface area contributed by atoms with Crippen molar-refractivity contribution in [1.29, 1.82) is 0 Å². The van der Waals surface area contributed by atoms with Gasteiger partial charge in [-0.15, -0.1) is 11.3 Å². The zero-order valence-corrected chi connectivity index (χ0v) is 17.7. The SMILES string of the molecule is O=C(Nc1ccccc1Cl)N1CCc2c(sc3c2CCCC3)C1c1ccccc1. The molecule has 0 spiro atoms. The maximum atomic E-state index is 13.3. The van der Waals surface area contributed by atoms with Crippen molar-refractivity contribution in [3.05, 3.63) is 86.1 Å². The van der Waals surface area contributed by atoms with Gasteiger partial charge >= 0.3 is 6.03 Å². The predicted molar refractivity (Wildman–Crippen MR) is 120 cm³/mol. The van der Waals surface area contributed by atoms with E-state index in [1.165, 1.54) is 46.6 Å². The average molecular weight is 423 g/mol. The smallest absolute Gasteiger partial charge is 0.312 e. The molecule has 148 valence electrons. The Morgan fingerprint density at radius 1 is 0.966 bits per heavy atom. The first-order valence-electron chi connectivity index (χ1n) is 10.2. The summed E-state index contributed by atoms with van der Waals surface area (Å²) in [7, 11) is 0. The highest BCUT2D eigenvalue weighted by molar-refractivity contribution is 7.12. The molecule has 0 saturated carbocycles. The Kier molecular flexibility index (Phi) is 5.06. The maximum Gasteiger partial charge on any atom is 0.322 e. The summed E-state index contributed by atoms with van der Waals surface area (Å²) in [6, 6.07) is 17.7. The quantitative estimate of drug-likeness (QED) is 0.505. The van der Waals surface area contributed by atoms with Gasteiger partial charge in [-0.2, -0.15) is 0 Å². The van der Waals surface area contributed by atoms with E-state index in [2.05, 4.69) is 29.6 Å². The normalized spacial score (nSPS) is 18.1. The van der Waals surface area contributed by atoms with Crippen molar-refractivity contribution < 1.29 is 4.79 Å². The van der Waals surface area contributed by atoms with E-state index in [1.54, 1.807) is 11.6 Å². The molecule has 5 rings (SSSR count). The second kappa shape index (κ2) is 7.85. The van der Waals surface area contributed by atoms with Crippen LogP contribution in [0.5, 0.6) is 0 Å². The zero-order valence-electron chi connectivity index (χ0n) is 16.2. The molecule has 1 aliphatic carbocycles. The van der Waals surface area contributed by atoms with Crippen LogP contribution >= 0.6 is 22.9 Å². The van der Waals surface area contributed by atoms with Crippen LogP contribution in [0.15, 0.2) is 54.6 Å². The number of nitrogens with zero attached hydrogens (tertiary/aromatic N) is 1. The van der Waals surface area contributed by atoms with E-state index >= 15 is 0 Å². The van der Waals surface area contributed by atoms with Crippen LogP contribution in [0.4, 0.5) is 10.5 Å². The van der Waals surface area contributed by atoms with Crippen molar-refractivity contribution in [3.63, 3.8) is 0 Å². The van der Waals surface area contributed by atoms with E-state index in [9.17, 15) is 4.79 Å². The highest BCUT2D eigenvalue weighted by atomic mass is 35.5. The van der Waals surface area contributed by atoms with Crippen molar-refractivity contribution in [1.82, 2.24) is 4.90 Å². The fraction of sp³-hybridized carbons (Fsp3) is 0.292. The highest BCUT2D eigenvalue weighted by Gasteiger charge is 2.36. The van der Waals surface area contributed by atoms with E-state index in [4.69, 9.17) is 11.6 Å². The number of para-hydroxylation sites is 1. The number of carbonyl (C=O) groups excluding carboxylic acids is 1. The summed E-state index contributed by atoms with van der Waals surface area (Å²) in [6.07, 6.45) is 5.86. The van der Waals surface area contributed by atoms with E-state index in [0.29, 0.717) is 17.3 Å². The van der Waals surface area contributed by atoms with Crippen molar-refractivity contribution in [2.45, 2.75) is 38.1 Å². The molecule has 1 aromatic heterocycles. The van der Waals surface area contributed by atoms with Crippen LogP contribution < -0.4 is 5.32 Å². The summed E-state index contributed by atoms with van der Waals surface area (Å²) in [5.74, 6) is 0. The monoisotopic (exact) mass is 422 g/mol. The lowest BCUT2D eigenvalue weighted by Crippen LogP contribution is -2.42. The van der Waals surface area contributed by atoms with Gasteiger partial charge in [-0.25, -0.2) is 4.79 Å². The molecule has 2 amide bonds. The van der Waals surface area contributed by atoms with Gasteiger partial charge in [0.05, 0.1) is 16.8 Å². The zero-order chi connectivity index (χ0) is 19.8. The molecule has 1 aliphatic heterocycles. The van der Waals surface area contributed by atoms with Crippen LogP contribution in [0.25, 0.3) is 0 Å². The summed E-state index contributed by atoms with van der Waals surface area (Å²) in [5, 5.41) is 3.59. The van der Waals surface area contributed by atoms with E-state index in [1.807, 2.05) is 40.5 Å². The van der Waals surface area contributed by atoms with Gasteiger partial charge in [0.25, 0.3) is 0 Å². The molecule has 2 heterocycles. The lowest BCUT2D eigenvalue weighted by Gasteiger charge is -2.36. The topological polar surface area (TPSA) is 32.3 Å². The van der Waals surface area contributed by atoms with Crippen molar-refractivity contribution >= 4 is 34.7 Å². The van der Waals surface area contributed by atoms with E-state index < -0.39 is 0 Å². The first-order valence-corrected chi connectivity index (χ1v) is 11.4. The number of benzene rings is 2. The minimum Gasteiger partial charge on any atom is -0.312 e. The summed E-state index contributed by atoms with van der Waals surface area (Å²) in [6.45, 7) is 0.714. The molecule has 0 fully saturated rings. The molecular formula is C24H23ClN2OS. The first-order chi connectivity index (χ1) is 14.2. The Bertz CT molecular complexity index is 1050. The first kappa shape index (κ1) is 18.7. The highest BCUT2D eigenvalue weighted by Crippen LogP contribution is 2.45. The van der Waals surface area contributed by atoms with Crippen molar-refractivity contribution in [2.75, 3.05) is 11.9 Å². The van der Waals surface area contributed by atoms with Gasteiger partial charge in [-0.1, -0.05) is 54.1 Å². The van der Waals surface area contributed by atoms with Crippen molar-refractivity contribution in [3.8, 4) is 0 Å². The number of aryl methyl sites for hydroxylation is 1. The number of rotatable bonds is 2. The number of halogens is 1. The van der Waals surface area contributed by atoms with Crippen LogP contribution in [-0.2, 0) is 19.3 Å². The molecule has 0 radical (unpaired) electrons. The van der Waals surface area contributed by atoms with Gasteiger partial charge in [-0.05, 0) is 60.9 Å². The minimum absolute atomic E-state index is 0.0435. The van der Waals surface area contributed by atoms with Gasteiger partial charge in [0.2, 0.25) is 0 Å². The minimum atomic E-state index is -0.0935. The van der Waals surface area contributed by atoms with Gasteiger partial charge in [-0.3, -0.25) is 0 Å². The van der Waals surface area contributed by atoms with Crippen LogP contribution in [0.3, 0.4) is 0 Å². The maximum absolute atomic E-state index is 13.3. The van der Waals surface area contributed by atoms with E-state index in [0.717, 1.165) is 6.42 Å². The molecule has 1 atom stereocenters. The molecule has 1 N–H and O–H groups in total. The second-order valence-corrected chi connectivity index (χ2v) is 9.26. The van der Waals surface area contributed by atoms with Crippen LogP contribution in [0.1, 0.15) is 45.3 Å². The standard InChI is InChI=1S/C24H23ClN2OS/c25-19-11-5-6-12-20(19)26-24(28)27-15-14-18-17-10-4-7-13-21(17)29-23(18)22(27)16-8-2-1-3-9-16/h1-3,5-6,8-9,11-12,22H,4,7,10,13-15H2,(H,26,28). The molecule has 3 nitrogen and oxygen atoms in total. The lowest BCUT2D eigenvalue weighted by atomic mass is 9.88. The lowest BCUT2D eigenvalue weighted by molar-refractivity contribution is 0.195. The van der Waals surface area contributed by atoms with Gasteiger partial charge in [0, 0.05) is 16.3 Å². The summed E-state index contributed by atoms with van der Waals surface area (Å²) in [4.78, 5) is 18.2. The van der Waals surface area contributed by atoms with Crippen LogP contribution in [0.2, 0.25) is 5.02 Å². The number of anilines is 1. The molecule has 2 aromatic carbocycles. The fourth-order valence-electron chi connectivity index (χ4n) is 4.59. The Labute approximate surface area is 180 Å². The third-order valence-electron chi connectivity index (χ3n) is 5.97. The fourth-order valence-corrected chi connectivity index (χ4v) is 6.35. The van der Waals surface area contributed by atoms with Crippen LogP contribution in [0, 0.1) is 0 Å². The number of hydrogen-bond donors (Lipinski definition) is 1. The molecule has 0 saturated heterocycles. The second-order valence-electron chi connectivity index (χ2n) is 7.72. The number of amides is 2. The third-order valence-corrected chi connectivity index (χ3v) is 7.68. The summed E-state index contributed by atoms with van der Waals surface area (Å²) < 4.78 is 0. The van der Waals surface area contributed by atoms with Gasteiger partial charge in [0.1, 0.15) is 0 Å². The number of fused-ring (bicyclic) bond motifs is 3. The molecule has 29 heavy (non-hydrogen) atoms. The third kappa shape index (κ3) is 3.45. The number of thiophene rings is 1. The number of hydrogen-bond acceptors (Lipinski definition) is 2. The molecule has 3 aromatic rings. The summed E-state index contributed by atoms with van der Waals surface area (Å²) in [5.41, 5.74) is 4.90. The Morgan fingerprint density at radius 3 is 2.55 bits per heavy atom. The molecule has 5 heteroatoms. The number of urea groups is 1. The molecular weight excluding hydrogens is 400 g/mol. The van der Waals surface area contributed by atoms with Gasteiger partial charge in [0.15, 0.2) is 0 Å². The van der Waals surface area contributed by atoms with Crippen LogP contribution in [-0.4, -0.2) is 17.5 Å². The molecule has 0 bridgehead atoms. The van der Waals surface area contributed by atoms with Crippen molar-refractivity contribution in [2.24, 2.45) is 0 Å². The Morgan fingerprint density at radius 2 is 1.72 bits per heavy atom. The Balaban J connectivity index is 1.54. The summed E-state index contributed by atoms with van der Waals surface area (Å²) >= 11 is 8.20. The number of carbonyl (C=O) groups is 1. The van der Waals surface area contributed by atoms with E-state index in [-0.39, 0.29) is 12.1 Å². The predicted octanol–water partition coefficient (Wildman–Crippen LogP) is 6.46. The average Bonchev–Trinajstić information content (AvgIpc) is 3.14. The Hall–Kier alpha value is -2.30.